The van der Waals surface area contributed by atoms with Crippen LogP contribution < -0.4 is 10.1 Å². The van der Waals surface area contributed by atoms with Gasteiger partial charge >= 0.3 is 0 Å². The van der Waals surface area contributed by atoms with Crippen LogP contribution in [0, 0.1) is 6.92 Å². The van der Waals surface area contributed by atoms with Crippen molar-refractivity contribution in [3.63, 3.8) is 0 Å². The summed E-state index contributed by atoms with van der Waals surface area (Å²) in [7, 11) is 0. The first-order valence-electron chi connectivity index (χ1n) is 8.36. The number of carbonyl (C=O) groups excluding carboxylic acids is 2. The molecular formula is C20H20N2O3S. The average molecular weight is 368 g/mol. The molecule has 134 valence electrons. The molecule has 1 N–H and O–H groups in total. The average Bonchev–Trinajstić information content (AvgIpc) is 2.90. The highest BCUT2D eigenvalue weighted by Crippen LogP contribution is 2.32. The highest BCUT2D eigenvalue weighted by Gasteiger charge is 2.34. The molecule has 2 amide bonds. The molecule has 1 aliphatic heterocycles. The number of hydrogen-bond donors (Lipinski definition) is 1. The molecule has 0 bridgehead atoms. The fourth-order valence-corrected chi connectivity index (χ4v) is 3.39. The standard InChI is InChI=1S/C20H20N2O3S/c1-3-25-16-10-8-15(9-11-16)12-18-19(23)22(20(24)26-18)13-21-17-7-5-4-6-14(17)2/h4-12,21H,3,13H2,1-2H3/b18-12+. The van der Waals surface area contributed by atoms with Crippen molar-refractivity contribution in [2.24, 2.45) is 0 Å². The predicted molar refractivity (Wildman–Crippen MR) is 105 cm³/mol. The van der Waals surface area contributed by atoms with Gasteiger partial charge in [0.15, 0.2) is 0 Å². The zero-order chi connectivity index (χ0) is 18.5. The van der Waals surface area contributed by atoms with Crippen molar-refractivity contribution >= 4 is 34.7 Å². The lowest BCUT2D eigenvalue weighted by Gasteiger charge is -2.15. The molecule has 0 spiro atoms. The van der Waals surface area contributed by atoms with Gasteiger partial charge in [-0.3, -0.25) is 14.5 Å². The van der Waals surface area contributed by atoms with Crippen molar-refractivity contribution in [1.29, 1.82) is 0 Å². The Morgan fingerprint density at radius 1 is 1.12 bits per heavy atom. The first-order valence-corrected chi connectivity index (χ1v) is 9.18. The number of amides is 2. The van der Waals surface area contributed by atoms with E-state index < -0.39 is 0 Å². The fourth-order valence-electron chi connectivity index (χ4n) is 2.55. The van der Waals surface area contributed by atoms with Gasteiger partial charge in [-0.1, -0.05) is 30.3 Å². The number of anilines is 1. The third-order valence-corrected chi connectivity index (χ3v) is 4.84. The molecule has 3 rings (SSSR count). The van der Waals surface area contributed by atoms with Crippen LogP contribution in [0.5, 0.6) is 5.75 Å². The Bertz CT molecular complexity index is 846. The predicted octanol–water partition coefficient (Wildman–Crippen LogP) is 4.50. The number of carbonyl (C=O) groups is 2. The number of hydrogen-bond acceptors (Lipinski definition) is 5. The molecule has 6 heteroatoms. The molecule has 0 aromatic heterocycles. The summed E-state index contributed by atoms with van der Waals surface area (Å²) in [6.07, 6.45) is 1.73. The number of para-hydroxylation sites is 1. The number of ether oxygens (including phenoxy) is 1. The largest absolute Gasteiger partial charge is 0.494 e. The van der Waals surface area contributed by atoms with E-state index in [1.807, 2.05) is 62.4 Å². The van der Waals surface area contributed by atoms with Crippen molar-refractivity contribution in [3.05, 3.63) is 64.6 Å². The number of imide groups is 1. The van der Waals surface area contributed by atoms with Crippen molar-refractivity contribution in [2.75, 3.05) is 18.6 Å². The molecule has 2 aromatic rings. The molecular weight excluding hydrogens is 348 g/mol. The Hall–Kier alpha value is -2.73. The van der Waals surface area contributed by atoms with Gasteiger partial charge in [0.25, 0.3) is 11.1 Å². The molecule has 1 fully saturated rings. The minimum atomic E-state index is -0.282. The second-order valence-corrected chi connectivity index (χ2v) is 6.75. The lowest BCUT2D eigenvalue weighted by molar-refractivity contribution is -0.122. The van der Waals surface area contributed by atoms with Crippen molar-refractivity contribution in [1.82, 2.24) is 4.90 Å². The maximum atomic E-state index is 12.5. The van der Waals surface area contributed by atoms with E-state index in [0.29, 0.717) is 11.5 Å². The molecule has 0 saturated carbocycles. The molecule has 0 radical (unpaired) electrons. The van der Waals surface area contributed by atoms with Crippen LogP contribution >= 0.6 is 11.8 Å². The Labute approximate surface area is 157 Å². The summed E-state index contributed by atoms with van der Waals surface area (Å²) in [4.78, 5) is 26.4. The first-order chi connectivity index (χ1) is 12.6. The van der Waals surface area contributed by atoms with E-state index in [0.717, 1.165) is 34.3 Å². The number of nitrogens with one attached hydrogen (secondary N) is 1. The van der Waals surface area contributed by atoms with Crippen LogP contribution in [0.3, 0.4) is 0 Å². The van der Waals surface area contributed by atoms with Crippen LogP contribution in [-0.4, -0.2) is 29.3 Å². The molecule has 1 heterocycles. The Balaban J connectivity index is 1.69. The molecule has 0 atom stereocenters. The van der Waals surface area contributed by atoms with E-state index in [1.54, 1.807) is 6.08 Å². The number of rotatable bonds is 6. The van der Waals surface area contributed by atoms with Crippen LogP contribution in [0.25, 0.3) is 6.08 Å². The van der Waals surface area contributed by atoms with E-state index in [1.165, 1.54) is 4.90 Å². The van der Waals surface area contributed by atoms with E-state index in [9.17, 15) is 9.59 Å². The number of nitrogens with zero attached hydrogens (tertiary/aromatic N) is 1. The normalized spacial score (nSPS) is 15.6. The van der Waals surface area contributed by atoms with E-state index in [4.69, 9.17) is 4.74 Å². The van der Waals surface area contributed by atoms with E-state index >= 15 is 0 Å². The molecule has 0 unspecified atom stereocenters. The van der Waals surface area contributed by atoms with Gasteiger partial charge in [0.05, 0.1) is 18.2 Å². The summed E-state index contributed by atoms with van der Waals surface area (Å²) in [6.45, 7) is 4.65. The van der Waals surface area contributed by atoms with Gasteiger partial charge in [-0.25, -0.2) is 0 Å². The van der Waals surface area contributed by atoms with Crippen LogP contribution in [0.1, 0.15) is 18.1 Å². The third-order valence-electron chi connectivity index (χ3n) is 3.94. The summed E-state index contributed by atoms with van der Waals surface area (Å²) in [5, 5.41) is 2.88. The van der Waals surface area contributed by atoms with Crippen LogP contribution in [-0.2, 0) is 4.79 Å². The maximum absolute atomic E-state index is 12.5. The lowest BCUT2D eigenvalue weighted by atomic mass is 10.2. The smallest absolute Gasteiger partial charge is 0.295 e. The van der Waals surface area contributed by atoms with Gasteiger partial charge in [-0.15, -0.1) is 0 Å². The molecule has 1 aliphatic rings. The lowest BCUT2D eigenvalue weighted by Crippen LogP contribution is -2.33. The van der Waals surface area contributed by atoms with Crippen molar-refractivity contribution in [3.8, 4) is 5.75 Å². The van der Waals surface area contributed by atoms with Crippen molar-refractivity contribution in [2.45, 2.75) is 13.8 Å². The number of thioether (sulfide) groups is 1. The zero-order valence-corrected chi connectivity index (χ0v) is 15.5. The van der Waals surface area contributed by atoms with Crippen LogP contribution in [0.2, 0.25) is 0 Å². The van der Waals surface area contributed by atoms with Crippen LogP contribution in [0.15, 0.2) is 53.4 Å². The Morgan fingerprint density at radius 3 is 2.54 bits per heavy atom. The minimum Gasteiger partial charge on any atom is -0.494 e. The number of aryl methyl sites for hydroxylation is 1. The van der Waals surface area contributed by atoms with Crippen LogP contribution in [0.4, 0.5) is 10.5 Å². The SMILES string of the molecule is CCOc1ccc(/C=C2/SC(=O)N(CNc3ccccc3C)C2=O)cc1. The first kappa shape index (κ1) is 18.1. The second kappa shape index (κ2) is 8.10. The molecule has 26 heavy (non-hydrogen) atoms. The molecule has 5 nitrogen and oxygen atoms in total. The second-order valence-electron chi connectivity index (χ2n) is 5.76. The molecule has 2 aromatic carbocycles. The number of benzene rings is 2. The highest BCUT2D eigenvalue weighted by atomic mass is 32.2. The Kier molecular flexibility index (Phi) is 5.63. The van der Waals surface area contributed by atoms with Gasteiger partial charge in [-0.05, 0) is 61.0 Å². The quantitative estimate of drug-likeness (QED) is 0.761. The third kappa shape index (κ3) is 4.08. The monoisotopic (exact) mass is 368 g/mol. The topological polar surface area (TPSA) is 58.6 Å². The van der Waals surface area contributed by atoms with Gasteiger partial charge < -0.3 is 10.1 Å². The van der Waals surface area contributed by atoms with Crippen molar-refractivity contribution < 1.29 is 14.3 Å². The minimum absolute atomic E-state index is 0.149. The van der Waals surface area contributed by atoms with E-state index in [2.05, 4.69) is 5.32 Å². The van der Waals surface area contributed by atoms with Gasteiger partial charge in [0.2, 0.25) is 0 Å². The van der Waals surface area contributed by atoms with Gasteiger partial charge in [0, 0.05) is 5.69 Å². The van der Waals surface area contributed by atoms with Gasteiger partial charge in [0.1, 0.15) is 5.75 Å². The summed E-state index contributed by atoms with van der Waals surface area (Å²) in [5.74, 6) is 0.496. The summed E-state index contributed by atoms with van der Waals surface area (Å²) in [5.41, 5.74) is 2.82. The maximum Gasteiger partial charge on any atom is 0.295 e. The zero-order valence-electron chi connectivity index (χ0n) is 14.7. The molecule has 1 saturated heterocycles. The highest BCUT2D eigenvalue weighted by molar-refractivity contribution is 8.18. The summed E-state index contributed by atoms with van der Waals surface area (Å²) in [6, 6.07) is 15.2. The summed E-state index contributed by atoms with van der Waals surface area (Å²) >= 11 is 0.958. The van der Waals surface area contributed by atoms with E-state index in [-0.39, 0.29) is 17.8 Å². The Morgan fingerprint density at radius 2 is 1.85 bits per heavy atom. The molecule has 0 aliphatic carbocycles. The van der Waals surface area contributed by atoms with Gasteiger partial charge in [-0.2, -0.15) is 0 Å². The summed E-state index contributed by atoms with van der Waals surface area (Å²) < 4.78 is 5.41. The fraction of sp³-hybridized carbons (Fsp3) is 0.200.